The van der Waals surface area contributed by atoms with E-state index in [1.807, 2.05) is 0 Å². The molecule has 82 valence electrons. The first-order valence-corrected chi connectivity index (χ1v) is 5.25. The first-order chi connectivity index (χ1) is 7.01. The van der Waals surface area contributed by atoms with E-state index in [0.29, 0.717) is 23.4 Å². The fourth-order valence-corrected chi connectivity index (χ4v) is 1.56. The van der Waals surface area contributed by atoms with E-state index in [2.05, 4.69) is 39.4 Å². The van der Waals surface area contributed by atoms with Crippen LogP contribution in [0.4, 0.5) is 11.9 Å². The summed E-state index contributed by atoms with van der Waals surface area (Å²) in [5.41, 5.74) is 0.332. The molecule has 0 saturated heterocycles. The highest BCUT2D eigenvalue weighted by atomic mass is 35.5. The molecule has 1 unspecified atom stereocenters. The van der Waals surface area contributed by atoms with Gasteiger partial charge in [0.05, 0.1) is 0 Å². The first kappa shape index (κ1) is 10.4. The Morgan fingerprint density at radius 2 is 1.87 bits per heavy atom. The van der Waals surface area contributed by atoms with Gasteiger partial charge in [-0.25, -0.2) is 0 Å². The van der Waals surface area contributed by atoms with Crippen LogP contribution in [0.3, 0.4) is 0 Å². The summed E-state index contributed by atoms with van der Waals surface area (Å²) in [7, 11) is 1.75. The van der Waals surface area contributed by atoms with Crippen molar-refractivity contribution in [1.29, 1.82) is 0 Å². The minimum absolute atomic E-state index is 0.204. The molecule has 1 aliphatic rings. The topological polar surface area (TPSA) is 62.7 Å². The molecule has 2 rings (SSSR count). The first-order valence-electron chi connectivity index (χ1n) is 4.87. The van der Waals surface area contributed by atoms with Crippen LogP contribution in [0, 0.1) is 5.41 Å². The number of aromatic nitrogens is 3. The van der Waals surface area contributed by atoms with Gasteiger partial charge in [-0.15, -0.1) is 0 Å². The lowest BCUT2D eigenvalue weighted by molar-refractivity contribution is 0.628. The molecule has 1 fully saturated rings. The summed E-state index contributed by atoms with van der Waals surface area (Å²) < 4.78 is 0. The van der Waals surface area contributed by atoms with Gasteiger partial charge < -0.3 is 10.6 Å². The lowest BCUT2D eigenvalue weighted by Gasteiger charge is -2.07. The molecular weight excluding hydrogens is 214 g/mol. The largest absolute Gasteiger partial charge is 0.357 e. The van der Waals surface area contributed by atoms with Crippen molar-refractivity contribution in [3.05, 3.63) is 5.28 Å². The molecule has 15 heavy (non-hydrogen) atoms. The van der Waals surface area contributed by atoms with E-state index >= 15 is 0 Å². The molecule has 0 spiro atoms. The molecule has 5 nitrogen and oxygen atoms in total. The van der Waals surface area contributed by atoms with E-state index in [0.717, 1.165) is 6.42 Å². The van der Waals surface area contributed by atoms with Crippen LogP contribution >= 0.6 is 11.6 Å². The summed E-state index contributed by atoms with van der Waals surface area (Å²) in [4.78, 5) is 12.1. The Morgan fingerprint density at radius 1 is 1.27 bits per heavy atom. The minimum Gasteiger partial charge on any atom is -0.357 e. The highest BCUT2D eigenvalue weighted by Crippen LogP contribution is 2.46. The molecule has 1 aromatic heterocycles. The zero-order chi connectivity index (χ0) is 11.1. The maximum Gasteiger partial charge on any atom is 0.229 e. The lowest BCUT2D eigenvalue weighted by atomic mass is 10.2. The quantitative estimate of drug-likeness (QED) is 0.824. The smallest absolute Gasteiger partial charge is 0.229 e. The van der Waals surface area contributed by atoms with Crippen molar-refractivity contribution in [3.8, 4) is 0 Å². The second-order valence-electron chi connectivity index (χ2n) is 4.39. The third-order valence-corrected chi connectivity index (χ3v) is 2.82. The van der Waals surface area contributed by atoms with Crippen LogP contribution in [-0.4, -0.2) is 28.0 Å². The molecule has 2 N–H and O–H groups in total. The van der Waals surface area contributed by atoms with Crippen molar-refractivity contribution < 1.29 is 0 Å². The summed E-state index contributed by atoms with van der Waals surface area (Å²) in [6.07, 6.45) is 1.13. The van der Waals surface area contributed by atoms with Crippen molar-refractivity contribution >= 4 is 23.5 Å². The molecule has 1 heterocycles. The molecule has 0 bridgehead atoms. The fourth-order valence-electron chi connectivity index (χ4n) is 1.40. The number of nitrogens with one attached hydrogen (secondary N) is 2. The molecule has 1 aromatic rings. The highest BCUT2D eigenvalue weighted by Gasteiger charge is 2.46. The van der Waals surface area contributed by atoms with Gasteiger partial charge >= 0.3 is 0 Å². The second-order valence-corrected chi connectivity index (χ2v) is 4.73. The standard InChI is InChI=1S/C9H14ClN5/c1-9(2)4-5(9)12-8-14-6(10)13-7(11-3)15-8/h5H,4H2,1-3H3,(H2,11,12,13,14,15). The number of halogens is 1. The van der Waals surface area contributed by atoms with E-state index in [-0.39, 0.29) is 5.28 Å². The molecule has 6 heteroatoms. The zero-order valence-corrected chi connectivity index (χ0v) is 9.76. The molecular formula is C9H14ClN5. The SMILES string of the molecule is CNc1nc(Cl)nc(NC2CC2(C)C)n1. The molecule has 1 saturated carbocycles. The van der Waals surface area contributed by atoms with Gasteiger partial charge in [0, 0.05) is 13.1 Å². The van der Waals surface area contributed by atoms with Gasteiger partial charge in [-0.1, -0.05) is 13.8 Å². The van der Waals surface area contributed by atoms with Crippen molar-refractivity contribution in [2.45, 2.75) is 26.3 Å². The van der Waals surface area contributed by atoms with Crippen LogP contribution in [0.2, 0.25) is 5.28 Å². The van der Waals surface area contributed by atoms with E-state index < -0.39 is 0 Å². The Balaban J connectivity index is 2.11. The van der Waals surface area contributed by atoms with Crippen LogP contribution in [0.15, 0.2) is 0 Å². The molecule has 0 radical (unpaired) electrons. The molecule has 1 aliphatic carbocycles. The van der Waals surface area contributed by atoms with Crippen LogP contribution < -0.4 is 10.6 Å². The molecule has 0 aromatic carbocycles. The highest BCUT2D eigenvalue weighted by molar-refractivity contribution is 6.28. The number of nitrogens with zero attached hydrogens (tertiary/aromatic N) is 3. The average Bonchev–Trinajstić information content (AvgIpc) is 2.72. The van der Waals surface area contributed by atoms with Gasteiger partial charge in [0.1, 0.15) is 0 Å². The predicted molar refractivity (Wildman–Crippen MR) is 60.2 cm³/mol. The van der Waals surface area contributed by atoms with Gasteiger partial charge in [0.2, 0.25) is 17.2 Å². The fraction of sp³-hybridized carbons (Fsp3) is 0.667. The van der Waals surface area contributed by atoms with E-state index in [1.165, 1.54) is 0 Å². The van der Waals surface area contributed by atoms with Crippen molar-refractivity contribution in [2.75, 3.05) is 17.7 Å². The third kappa shape index (κ3) is 2.28. The number of hydrogen-bond acceptors (Lipinski definition) is 5. The van der Waals surface area contributed by atoms with Gasteiger partial charge in [0.15, 0.2) is 0 Å². The minimum atomic E-state index is 0.204. The van der Waals surface area contributed by atoms with Crippen molar-refractivity contribution in [3.63, 3.8) is 0 Å². The Hall–Kier alpha value is -1.10. The second kappa shape index (κ2) is 3.48. The Bertz CT molecular complexity index is 379. The molecule has 1 atom stereocenters. The van der Waals surface area contributed by atoms with Crippen LogP contribution in [0.25, 0.3) is 0 Å². The van der Waals surface area contributed by atoms with Gasteiger partial charge in [-0.05, 0) is 23.4 Å². The Labute approximate surface area is 93.7 Å². The van der Waals surface area contributed by atoms with Crippen LogP contribution in [0.5, 0.6) is 0 Å². The normalized spacial score (nSPS) is 22.3. The van der Waals surface area contributed by atoms with Crippen LogP contribution in [0.1, 0.15) is 20.3 Å². The van der Waals surface area contributed by atoms with Crippen LogP contribution in [-0.2, 0) is 0 Å². The summed E-state index contributed by atoms with van der Waals surface area (Å²) >= 11 is 5.76. The van der Waals surface area contributed by atoms with E-state index in [4.69, 9.17) is 11.6 Å². The van der Waals surface area contributed by atoms with Gasteiger partial charge in [-0.2, -0.15) is 15.0 Å². The summed E-state index contributed by atoms with van der Waals surface area (Å²) in [6, 6.07) is 0.431. The Morgan fingerprint density at radius 3 is 2.40 bits per heavy atom. The maximum absolute atomic E-state index is 5.76. The monoisotopic (exact) mass is 227 g/mol. The third-order valence-electron chi connectivity index (χ3n) is 2.65. The van der Waals surface area contributed by atoms with Crippen molar-refractivity contribution in [1.82, 2.24) is 15.0 Å². The van der Waals surface area contributed by atoms with Gasteiger partial charge in [0.25, 0.3) is 0 Å². The predicted octanol–water partition coefficient (Wildman–Crippen LogP) is 1.78. The lowest BCUT2D eigenvalue weighted by Crippen LogP contribution is -2.12. The molecule has 0 amide bonds. The Kier molecular flexibility index (Phi) is 2.42. The summed E-state index contributed by atoms with van der Waals surface area (Å²) in [5.74, 6) is 1.02. The average molecular weight is 228 g/mol. The van der Waals surface area contributed by atoms with Crippen molar-refractivity contribution in [2.24, 2.45) is 5.41 Å². The zero-order valence-electron chi connectivity index (χ0n) is 9.00. The summed E-state index contributed by atoms with van der Waals surface area (Å²) in [6.45, 7) is 4.40. The van der Waals surface area contributed by atoms with Gasteiger partial charge in [-0.3, -0.25) is 0 Å². The van der Waals surface area contributed by atoms with E-state index in [1.54, 1.807) is 7.05 Å². The number of rotatable bonds is 3. The van der Waals surface area contributed by atoms with E-state index in [9.17, 15) is 0 Å². The number of anilines is 2. The number of hydrogen-bond donors (Lipinski definition) is 2. The maximum atomic E-state index is 5.76. The molecule has 0 aliphatic heterocycles. The summed E-state index contributed by atoms with van der Waals surface area (Å²) in [5, 5.41) is 6.27.